The van der Waals surface area contributed by atoms with Crippen LogP contribution in [0.2, 0.25) is 0 Å². The van der Waals surface area contributed by atoms with Crippen LogP contribution in [0, 0.1) is 27.7 Å². The summed E-state index contributed by atoms with van der Waals surface area (Å²) in [5.74, 6) is 1.56. The molecule has 0 aliphatic heterocycles. The molecule has 6 aromatic rings. The van der Waals surface area contributed by atoms with Crippen molar-refractivity contribution in [3.05, 3.63) is 202 Å². The highest BCUT2D eigenvalue weighted by Crippen LogP contribution is 2.32. The van der Waals surface area contributed by atoms with Crippen LogP contribution in [0.3, 0.4) is 0 Å². The second-order valence-electron chi connectivity index (χ2n) is 12.5. The van der Waals surface area contributed by atoms with E-state index in [1.54, 1.807) is 23.5 Å². The number of aryl methyl sites for hydroxylation is 4. The Morgan fingerprint density at radius 3 is 1.08 bits per heavy atom. The zero-order valence-corrected chi connectivity index (χ0v) is 32.3. The molecule has 0 N–H and O–H groups in total. The Morgan fingerprint density at radius 1 is 0.451 bits per heavy atom. The number of ketones is 2. The summed E-state index contributed by atoms with van der Waals surface area (Å²) >= 11 is 3.52. The fraction of sp³-hybridized carbons (Fsp3) is 0.174. The van der Waals surface area contributed by atoms with E-state index in [1.807, 2.05) is 121 Å². The van der Waals surface area contributed by atoms with Crippen LogP contribution in [0.15, 0.2) is 168 Å². The first-order chi connectivity index (χ1) is 24.3. The minimum absolute atomic E-state index is 0. The second kappa shape index (κ2) is 19.9. The fourth-order valence-electron chi connectivity index (χ4n) is 5.89. The van der Waals surface area contributed by atoms with Gasteiger partial charge < -0.3 is 0 Å². The molecule has 6 rings (SSSR count). The maximum absolute atomic E-state index is 13.1. The molecule has 0 heterocycles. The van der Waals surface area contributed by atoms with E-state index in [9.17, 15) is 9.59 Å². The lowest BCUT2D eigenvalue weighted by atomic mass is 9.92. The summed E-state index contributed by atoms with van der Waals surface area (Å²) < 4.78 is 0. The Morgan fingerprint density at radius 2 is 0.765 bits per heavy atom. The Bertz CT molecular complexity index is 1830. The first-order valence-corrected chi connectivity index (χ1v) is 19.0. The monoisotopic (exact) mass is 726 g/mol. The third kappa shape index (κ3) is 11.4. The fourth-order valence-corrected chi connectivity index (χ4v) is 8.18. The van der Waals surface area contributed by atoms with Gasteiger partial charge in [-0.3, -0.25) is 9.59 Å². The average molecular weight is 727 g/mol. The quantitative estimate of drug-likeness (QED) is 0.0929. The van der Waals surface area contributed by atoms with Crippen molar-refractivity contribution in [1.82, 2.24) is 0 Å². The molecule has 0 aromatic heterocycles. The van der Waals surface area contributed by atoms with Crippen LogP contribution in [-0.2, 0) is 0 Å². The summed E-state index contributed by atoms with van der Waals surface area (Å²) in [6, 6.07) is 52.3. The minimum Gasteiger partial charge on any atom is -0.293 e. The van der Waals surface area contributed by atoms with Crippen LogP contribution in [0.1, 0.15) is 65.9 Å². The van der Waals surface area contributed by atoms with Crippen molar-refractivity contribution in [3.63, 3.8) is 0 Å². The average Bonchev–Trinajstić information content (AvgIpc) is 3.15. The molecule has 260 valence electrons. The van der Waals surface area contributed by atoms with E-state index in [0.29, 0.717) is 0 Å². The number of hydrogen-bond acceptors (Lipinski definition) is 4. The van der Waals surface area contributed by atoms with Crippen LogP contribution >= 0.6 is 37.0 Å². The van der Waals surface area contributed by atoms with E-state index < -0.39 is 0 Å². The number of Topliss-reactive ketones (excluding diaryl/α,β-unsaturated/α-hetero) is 2. The highest BCUT2D eigenvalue weighted by Gasteiger charge is 2.23. The van der Waals surface area contributed by atoms with Crippen LogP contribution in [0.4, 0.5) is 0 Å². The number of carbonyl (C=O) groups excluding carboxylic acids is 2. The molecule has 0 aliphatic carbocycles. The summed E-state index contributed by atoms with van der Waals surface area (Å²) in [6.07, 6.45) is 0. The van der Waals surface area contributed by atoms with Crippen LogP contribution in [0.5, 0.6) is 0 Å². The normalized spacial score (nSPS) is 11.7. The molecule has 2 atom stereocenters. The largest absolute Gasteiger partial charge is 0.293 e. The molecule has 2 nitrogen and oxygen atoms in total. The lowest BCUT2D eigenvalue weighted by Crippen LogP contribution is -2.15. The summed E-state index contributed by atoms with van der Waals surface area (Å²) in [5, 5.41) is 0. The van der Waals surface area contributed by atoms with E-state index >= 15 is 0 Å². The molecule has 0 saturated heterocycles. The van der Waals surface area contributed by atoms with Gasteiger partial charge >= 0.3 is 0 Å². The van der Waals surface area contributed by atoms with Crippen molar-refractivity contribution in [3.8, 4) is 0 Å². The zero-order valence-electron chi connectivity index (χ0n) is 29.7. The van der Waals surface area contributed by atoms with Gasteiger partial charge in [-0.15, -0.1) is 23.5 Å². The smallest absolute Gasteiger partial charge is 0.171 e. The van der Waals surface area contributed by atoms with Gasteiger partial charge in [0.2, 0.25) is 0 Å². The number of benzene rings is 6. The number of rotatable bonds is 12. The standard InChI is InChI=1S/2C23H22OS.H2S/c2*1-17-13-14-22(18(2)15-17)25-16-21(19-9-5-3-6-10-19)23(24)20-11-7-4-8-12-20;/h2*3-15,21H,16H2,1-2H3;1H2. The van der Waals surface area contributed by atoms with Gasteiger partial charge in [0.1, 0.15) is 0 Å². The molecule has 51 heavy (non-hydrogen) atoms. The van der Waals surface area contributed by atoms with Crippen molar-refractivity contribution in [2.75, 3.05) is 11.5 Å². The van der Waals surface area contributed by atoms with Crippen molar-refractivity contribution < 1.29 is 9.59 Å². The Balaban J connectivity index is 0.000000224. The van der Waals surface area contributed by atoms with E-state index in [0.717, 1.165) is 33.8 Å². The van der Waals surface area contributed by atoms with E-state index in [-0.39, 0.29) is 36.9 Å². The van der Waals surface area contributed by atoms with Gasteiger partial charge in [0.05, 0.1) is 11.8 Å². The molecule has 0 saturated carbocycles. The molecule has 0 bridgehead atoms. The molecule has 0 spiro atoms. The zero-order chi connectivity index (χ0) is 35.3. The molecule has 5 heteroatoms. The van der Waals surface area contributed by atoms with Gasteiger partial charge in [0, 0.05) is 32.4 Å². The summed E-state index contributed by atoms with van der Waals surface area (Å²) in [7, 11) is 0. The maximum Gasteiger partial charge on any atom is 0.171 e. The molecular formula is C46H46O2S3. The summed E-state index contributed by atoms with van der Waals surface area (Å²) in [5.41, 5.74) is 8.77. The summed E-state index contributed by atoms with van der Waals surface area (Å²) in [4.78, 5) is 28.7. The molecule has 6 aromatic carbocycles. The number of thioether (sulfide) groups is 2. The third-order valence-corrected chi connectivity index (χ3v) is 11.2. The lowest BCUT2D eigenvalue weighted by molar-refractivity contribution is 0.0960. The van der Waals surface area contributed by atoms with E-state index in [4.69, 9.17) is 0 Å². The van der Waals surface area contributed by atoms with Gasteiger partial charge in [0.25, 0.3) is 0 Å². The van der Waals surface area contributed by atoms with Gasteiger partial charge in [-0.25, -0.2) is 0 Å². The number of hydrogen-bond donors (Lipinski definition) is 0. The van der Waals surface area contributed by atoms with Gasteiger partial charge in [0.15, 0.2) is 11.6 Å². The topological polar surface area (TPSA) is 34.1 Å². The number of carbonyl (C=O) groups is 2. The third-order valence-electron chi connectivity index (χ3n) is 8.63. The molecule has 0 amide bonds. The Hall–Kier alpha value is -4.29. The van der Waals surface area contributed by atoms with Crippen molar-refractivity contribution in [1.29, 1.82) is 0 Å². The maximum atomic E-state index is 13.1. The van der Waals surface area contributed by atoms with E-state index in [2.05, 4.69) is 64.1 Å². The van der Waals surface area contributed by atoms with Gasteiger partial charge in [-0.2, -0.15) is 13.5 Å². The lowest BCUT2D eigenvalue weighted by Gasteiger charge is -2.17. The van der Waals surface area contributed by atoms with Gasteiger partial charge in [-0.05, 0) is 62.1 Å². The second-order valence-corrected chi connectivity index (χ2v) is 14.7. The van der Waals surface area contributed by atoms with Crippen LogP contribution < -0.4 is 0 Å². The molecular weight excluding hydrogens is 681 g/mol. The van der Waals surface area contributed by atoms with E-state index in [1.165, 1.54) is 32.0 Å². The predicted octanol–water partition coefficient (Wildman–Crippen LogP) is 12.2. The first-order valence-electron chi connectivity index (χ1n) is 17.0. The Labute approximate surface area is 319 Å². The highest BCUT2D eigenvalue weighted by atomic mass is 32.2. The predicted molar refractivity (Wildman–Crippen MR) is 224 cm³/mol. The molecule has 0 fully saturated rings. The molecule has 0 radical (unpaired) electrons. The first kappa shape index (κ1) is 39.5. The SMILES string of the molecule is Cc1ccc(SCC(C(=O)c2ccccc2)c2ccccc2)c(C)c1.Cc1ccc(SCC(C(=O)c2ccccc2)c2ccccc2)c(C)c1.S. The molecule has 0 aliphatic rings. The summed E-state index contributed by atoms with van der Waals surface area (Å²) in [6.45, 7) is 8.47. The van der Waals surface area contributed by atoms with Crippen LogP contribution in [-0.4, -0.2) is 23.1 Å². The highest BCUT2D eigenvalue weighted by molar-refractivity contribution is 7.99. The Kier molecular flexibility index (Phi) is 15.4. The molecule has 2 unspecified atom stereocenters. The van der Waals surface area contributed by atoms with Gasteiger partial charge in [-0.1, -0.05) is 157 Å². The van der Waals surface area contributed by atoms with Crippen molar-refractivity contribution in [2.45, 2.75) is 49.3 Å². The minimum atomic E-state index is -0.144. The van der Waals surface area contributed by atoms with Crippen LogP contribution in [0.25, 0.3) is 0 Å². The van der Waals surface area contributed by atoms with Crippen molar-refractivity contribution >= 4 is 48.6 Å². The van der Waals surface area contributed by atoms with Crippen molar-refractivity contribution in [2.24, 2.45) is 0 Å².